The zero-order valence-electron chi connectivity index (χ0n) is 5.39. The summed E-state index contributed by atoms with van der Waals surface area (Å²) in [4.78, 5) is 0. The van der Waals surface area contributed by atoms with Crippen LogP contribution in [-0.4, -0.2) is 10.3 Å². The lowest BCUT2D eigenvalue weighted by atomic mass is 10.3. The first kappa shape index (κ1) is 7.64. The SMILES string of the molecule is [O]N(O)c1c([O-])cccc1O. The van der Waals surface area contributed by atoms with Gasteiger partial charge in [0.15, 0.2) is 0 Å². The standard InChI is InChI=1S/C6H6NO4/c8-4-2-1-3-5(9)6(4)7(10)11/h1-3,8-10H/p-1. The number of nitrogens with zero attached hydrogens (tertiary/aromatic N) is 1. The van der Waals surface area contributed by atoms with Crippen LogP contribution in [0.5, 0.6) is 11.5 Å². The number of rotatable bonds is 1. The Balaban J connectivity index is 3.21. The number of phenols is 1. The molecule has 0 spiro atoms. The summed E-state index contributed by atoms with van der Waals surface area (Å²) < 4.78 is 0. The van der Waals surface area contributed by atoms with Gasteiger partial charge in [0.05, 0.1) is 0 Å². The maximum Gasteiger partial charge on any atom is 0.143 e. The van der Waals surface area contributed by atoms with Crippen molar-refractivity contribution < 1.29 is 20.6 Å². The third-order valence-electron chi connectivity index (χ3n) is 1.17. The quantitative estimate of drug-likeness (QED) is 0.559. The predicted octanol–water partition coefficient (Wildman–Crippen LogP) is 0.00690. The Morgan fingerprint density at radius 1 is 1.45 bits per heavy atom. The molecule has 1 aromatic carbocycles. The lowest BCUT2D eigenvalue weighted by molar-refractivity contribution is -0.269. The maximum absolute atomic E-state index is 10.7. The van der Waals surface area contributed by atoms with Gasteiger partial charge in [-0.3, -0.25) is 5.21 Å². The fourth-order valence-corrected chi connectivity index (χ4v) is 0.703. The van der Waals surface area contributed by atoms with Crippen molar-refractivity contribution in [3.63, 3.8) is 0 Å². The van der Waals surface area contributed by atoms with Gasteiger partial charge in [0, 0.05) is 0 Å². The molecule has 1 radical (unpaired) electrons. The van der Waals surface area contributed by atoms with Crippen LogP contribution >= 0.6 is 0 Å². The van der Waals surface area contributed by atoms with E-state index in [1.165, 1.54) is 6.07 Å². The summed E-state index contributed by atoms with van der Waals surface area (Å²) in [6.07, 6.45) is 0. The van der Waals surface area contributed by atoms with Gasteiger partial charge in [0.1, 0.15) is 11.4 Å². The van der Waals surface area contributed by atoms with Crippen LogP contribution in [0.15, 0.2) is 18.2 Å². The molecule has 0 aliphatic carbocycles. The van der Waals surface area contributed by atoms with E-state index in [2.05, 4.69) is 0 Å². The van der Waals surface area contributed by atoms with Crippen LogP contribution in [0.2, 0.25) is 0 Å². The first-order valence-electron chi connectivity index (χ1n) is 2.78. The average Bonchev–Trinajstić information content (AvgIpc) is 1.85. The van der Waals surface area contributed by atoms with E-state index < -0.39 is 22.4 Å². The number of para-hydroxylation sites is 1. The summed E-state index contributed by atoms with van der Waals surface area (Å²) in [6.45, 7) is 0. The zero-order valence-corrected chi connectivity index (χ0v) is 5.39. The third-order valence-corrected chi connectivity index (χ3v) is 1.17. The summed E-state index contributed by atoms with van der Waals surface area (Å²) in [7, 11) is 0. The predicted molar refractivity (Wildman–Crippen MR) is 32.5 cm³/mol. The van der Waals surface area contributed by atoms with Gasteiger partial charge in [0.2, 0.25) is 0 Å². The number of anilines is 1. The zero-order chi connectivity index (χ0) is 8.43. The minimum atomic E-state index is -0.720. The molecule has 0 aliphatic rings. The van der Waals surface area contributed by atoms with Crippen molar-refractivity contribution >= 4 is 5.69 Å². The molecule has 5 nitrogen and oxygen atoms in total. The van der Waals surface area contributed by atoms with E-state index in [1.807, 2.05) is 0 Å². The van der Waals surface area contributed by atoms with Crippen LogP contribution in [0.25, 0.3) is 0 Å². The molecule has 0 amide bonds. The van der Waals surface area contributed by atoms with Crippen molar-refractivity contribution in [3.05, 3.63) is 18.2 Å². The van der Waals surface area contributed by atoms with E-state index in [1.54, 1.807) is 0 Å². The minimum Gasteiger partial charge on any atom is -0.871 e. The van der Waals surface area contributed by atoms with Gasteiger partial charge in [-0.2, -0.15) is 0 Å². The monoisotopic (exact) mass is 155 g/mol. The van der Waals surface area contributed by atoms with E-state index in [-0.39, 0.29) is 0 Å². The Hall–Kier alpha value is -1.46. The molecule has 0 unspecified atom stereocenters. The van der Waals surface area contributed by atoms with Gasteiger partial charge in [-0.05, 0) is 6.07 Å². The maximum atomic E-state index is 10.7. The van der Waals surface area contributed by atoms with E-state index in [0.717, 1.165) is 12.1 Å². The molecule has 5 heteroatoms. The van der Waals surface area contributed by atoms with Crippen molar-refractivity contribution in [1.82, 2.24) is 0 Å². The molecule has 0 heterocycles. The molecular weight excluding hydrogens is 150 g/mol. The van der Waals surface area contributed by atoms with Crippen LogP contribution in [0.1, 0.15) is 0 Å². The molecule has 0 aromatic heterocycles. The first-order valence-corrected chi connectivity index (χ1v) is 2.78. The number of hydrogen-bond donors (Lipinski definition) is 2. The lowest BCUT2D eigenvalue weighted by Crippen LogP contribution is -2.11. The number of phenolic OH excluding ortho intramolecular Hbond substituents is 1. The molecule has 2 N–H and O–H groups in total. The number of aromatic hydroxyl groups is 1. The van der Waals surface area contributed by atoms with Crippen molar-refractivity contribution in [2.24, 2.45) is 0 Å². The molecule has 1 rings (SSSR count). The Morgan fingerprint density at radius 2 is 2.09 bits per heavy atom. The fraction of sp³-hybridized carbons (Fsp3) is 0. The van der Waals surface area contributed by atoms with E-state index in [0.29, 0.717) is 0 Å². The van der Waals surface area contributed by atoms with Gasteiger partial charge >= 0.3 is 0 Å². The summed E-state index contributed by atoms with van der Waals surface area (Å²) in [5.41, 5.74) is -0.660. The molecule has 0 fully saturated rings. The molecule has 0 bridgehead atoms. The molecule has 0 saturated carbocycles. The smallest absolute Gasteiger partial charge is 0.143 e. The Kier molecular flexibility index (Phi) is 1.84. The van der Waals surface area contributed by atoms with E-state index in [9.17, 15) is 10.3 Å². The highest BCUT2D eigenvalue weighted by Gasteiger charge is 2.06. The van der Waals surface area contributed by atoms with Crippen molar-refractivity contribution in [2.45, 2.75) is 0 Å². The second-order valence-corrected chi connectivity index (χ2v) is 1.90. The molecule has 0 saturated heterocycles. The topological polar surface area (TPSA) is 86.7 Å². The Morgan fingerprint density at radius 3 is 2.45 bits per heavy atom. The van der Waals surface area contributed by atoms with Crippen LogP contribution in [0, 0.1) is 0 Å². The van der Waals surface area contributed by atoms with Crippen LogP contribution in [0.3, 0.4) is 0 Å². The highest BCUT2D eigenvalue weighted by atomic mass is 16.8. The highest BCUT2D eigenvalue weighted by molar-refractivity contribution is 5.62. The summed E-state index contributed by atoms with van der Waals surface area (Å²) in [5, 5.41) is 37.4. The molecule has 59 valence electrons. The highest BCUT2D eigenvalue weighted by Crippen LogP contribution is 2.32. The van der Waals surface area contributed by atoms with E-state index >= 15 is 0 Å². The van der Waals surface area contributed by atoms with E-state index in [4.69, 9.17) is 10.3 Å². The second kappa shape index (κ2) is 2.65. The normalized spacial score (nSPS) is 9.64. The Labute approximate surface area is 62.3 Å². The molecule has 1 aromatic rings. The Bertz CT molecular complexity index is 241. The van der Waals surface area contributed by atoms with Crippen LogP contribution in [-0.2, 0) is 5.21 Å². The van der Waals surface area contributed by atoms with Gasteiger partial charge in [-0.25, -0.2) is 0 Å². The summed E-state index contributed by atoms with van der Waals surface area (Å²) in [6, 6.07) is 3.48. The second-order valence-electron chi connectivity index (χ2n) is 1.90. The molecular formula is C6H5NO4-. The fourth-order valence-electron chi connectivity index (χ4n) is 0.703. The third kappa shape index (κ3) is 1.34. The minimum absolute atomic E-state index is 0.532. The lowest BCUT2D eigenvalue weighted by Gasteiger charge is -2.15. The number of hydrogen-bond acceptors (Lipinski definition) is 4. The van der Waals surface area contributed by atoms with Gasteiger partial charge in [-0.1, -0.05) is 28.3 Å². The first-order chi connectivity index (χ1) is 5.13. The summed E-state index contributed by atoms with van der Waals surface area (Å²) >= 11 is 0. The summed E-state index contributed by atoms with van der Waals surface area (Å²) in [5.74, 6) is -1.25. The van der Waals surface area contributed by atoms with Crippen LogP contribution in [0.4, 0.5) is 5.69 Å². The largest absolute Gasteiger partial charge is 0.871 e. The van der Waals surface area contributed by atoms with Crippen molar-refractivity contribution in [2.75, 3.05) is 5.23 Å². The molecule has 11 heavy (non-hydrogen) atoms. The average molecular weight is 155 g/mol. The van der Waals surface area contributed by atoms with Gasteiger partial charge < -0.3 is 10.2 Å². The van der Waals surface area contributed by atoms with Gasteiger partial charge in [-0.15, -0.1) is 0 Å². The molecule has 0 aliphatic heterocycles. The van der Waals surface area contributed by atoms with Crippen molar-refractivity contribution in [1.29, 1.82) is 0 Å². The van der Waals surface area contributed by atoms with Gasteiger partial charge in [0.25, 0.3) is 0 Å². The number of benzene rings is 1. The van der Waals surface area contributed by atoms with Crippen molar-refractivity contribution in [3.8, 4) is 11.5 Å². The van der Waals surface area contributed by atoms with Crippen LogP contribution < -0.4 is 10.3 Å². The molecule has 0 atom stereocenters.